The molecular weight excluding hydrogens is 340 g/mol. The highest BCUT2D eigenvalue weighted by atomic mass is 16.5. The van der Waals surface area contributed by atoms with Gasteiger partial charge in [-0.05, 0) is 19.1 Å². The van der Waals surface area contributed by atoms with Crippen molar-refractivity contribution in [1.29, 1.82) is 0 Å². The van der Waals surface area contributed by atoms with Crippen LogP contribution in [-0.4, -0.2) is 62.6 Å². The van der Waals surface area contributed by atoms with Gasteiger partial charge in [0.05, 0.1) is 20.1 Å². The molecule has 0 saturated heterocycles. The number of nitrogens with zero attached hydrogens (tertiary/aromatic N) is 1. The minimum Gasteiger partial charge on any atom is -0.497 e. The van der Waals surface area contributed by atoms with E-state index in [1.165, 1.54) is 11.8 Å². The van der Waals surface area contributed by atoms with E-state index in [0.717, 1.165) is 0 Å². The zero-order valence-electron chi connectivity index (χ0n) is 15.4. The van der Waals surface area contributed by atoms with Gasteiger partial charge in [-0.15, -0.1) is 0 Å². The standard InChI is InChI=1S/C18H26N2O6/c1-4-25-18(23)8-10-20(11-9-19-14(2)21)17(22)13-26-16-7-5-6-15(12-16)24-3/h5-7,12H,4,8-11,13H2,1-3H3,(H,19,21). The van der Waals surface area contributed by atoms with Crippen LogP contribution in [0.3, 0.4) is 0 Å². The molecule has 0 heterocycles. The van der Waals surface area contributed by atoms with E-state index < -0.39 is 0 Å². The molecule has 1 N–H and O–H groups in total. The summed E-state index contributed by atoms with van der Waals surface area (Å²) in [6.45, 7) is 3.99. The first-order valence-corrected chi connectivity index (χ1v) is 8.41. The topological polar surface area (TPSA) is 94.2 Å². The molecule has 1 rings (SSSR count). The molecule has 0 unspecified atom stereocenters. The van der Waals surface area contributed by atoms with Crippen LogP contribution in [0.25, 0.3) is 0 Å². The number of nitrogens with one attached hydrogen (secondary N) is 1. The molecule has 1 aromatic carbocycles. The number of benzene rings is 1. The lowest BCUT2D eigenvalue weighted by Crippen LogP contribution is -2.41. The molecule has 0 spiro atoms. The van der Waals surface area contributed by atoms with Gasteiger partial charge in [0.1, 0.15) is 11.5 Å². The van der Waals surface area contributed by atoms with Crippen LogP contribution in [0.5, 0.6) is 11.5 Å². The Hall–Kier alpha value is -2.77. The van der Waals surface area contributed by atoms with Crippen LogP contribution in [-0.2, 0) is 19.1 Å². The summed E-state index contributed by atoms with van der Waals surface area (Å²) in [6.07, 6.45) is 0.0822. The Bertz CT molecular complexity index is 605. The third-order valence-corrected chi connectivity index (χ3v) is 3.40. The maximum Gasteiger partial charge on any atom is 0.307 e. The molecule has 0 saturated carbocycles. The second-order valence-electron chi connectivity index (χ2n) is 5.39. The summed E-state index contributed by atoms with van der Waals surface area (Å²) in [5.74, 6) is 0.279. The number of carbonyl (C=O) groups excluding carboxylic acids is 3. The molecule has 2 amide bonds. The average Bonchev–Trinajstić information content (AvgIpc) is 2.62. The SMILES string of the molecule is CCOC(=O)CCN(CCNC(C)=O)C(=O)COc1cccc(OC)c1. The first-order chi connectivity index (χ1) is 12.5. The maximum atomic E-state index is 12.4. The van der Waals surface area contributed by atoms with Crippen LogP contribution in [0.1, 0.15) is 20.3 Å². The number of methoxy groups -OCH3 is 1. The van der Waals surface area contributed by atoms with Crippen LogP contribution in [0.15, 0.2) is 24.3 Å². The van der Waals surface area contributed by atoms with Crippen LogP contribution < -0.4 is 14.8 Å². The van der Waals surface area contributed by atoms with E-state index in [1.54, 1.807) is 38.3 Å². The second-order valence-corrected chi connectivity index (χ2v) is 5.39. The minimum atomic E-state index is -0.376. The van der Waals surface area contributed by atoms with Crippen LogP contribution >= 0.6 is 0 Å². The Kier molecular flexibility index (Phi) is 9.59. The van der Waals surface area contributed by atoms with E-state index in [1.807, 2.05) is 0 Å². The summed E-state index contributed by atoms with van der Waals surface area (Å²) in [5.41, 5.74) is 0. The van der Waals surface area contributed by atoms with Crippen molar-refractivity contribution in [2.24, 2.45) is 0 Å². The Morgan fingerprint density at radius 3 is 2.54 bits per heavy atom. The molecule has 26 heavy (non-hydrogen) atoms. The van der Waals surface area contributed by atoms with Gasteiger partial charge in [-0.1, -0.05) is 6.07 Å². The Morgan fingerprint density at radius 1 is 1.15 bits per heavy atom. The molecule has 0 aliphatic carbocycles. The zero-order chi connectivity index (χ0) is 19.4. The summed E-state index contributed by atoms with van der Waals surface area (Å²) in [5, 5.41) is 2.63. The van der Waals surface area contributed by atoms with Gasteiger partial charge in [0, 0.05) is 32.6 Å². The number of rotatable bonds is 11. The molecule has 0 fully saturated rings. The van der Waals surface area contributed by atoms with E-state index >= 15 is 0 Å². The molecule has 144 valence electrons. The van der Waals surface area contributed by atoms with E-state index in [9.17, 15) is 14.4 Å². The van der Waals surface area contributed by atoms with E-state index in [2.05, 4.69) is 5.32 Å². The van der Waals surface area contributed by atoms with Gasteiger partial charge in [-0.3, -0.25) is 14.4 Å². The van der Waals surface area contributed by atoms with Crippen LogP contribution in [0.2, 0.25) is 0 Å². The molecule has 8 nitrogen and oxygen atoms in total. The van der Waals surface area contributed by atoms with Crippen molar-refractivity contribution in [3.8, 4) is 11.5 Å². The molecule has 0 aliphatic rings. The second kappa shape index (κ2) is 11.7. The monoisotopic (exact) mass is 366 g/mol. The third kappa shape index (κ3) is 8.36. The van der Waals surface area contributed by atoms with Crippen molar-refractivity contribution in [3.05, 3.63) is 24.3 Å². The highest BCUT2D eigenvalue weighted by molar-refractivity contribution is 5.79. The fourth-order valence-electron chi connectivity index (χ4n) is 2.11. The highest BCUT2D eigenvalue weighted by Gasteiger charge is 2.16. The fraction of sp³-hybridized carbons (Fsp3) is 0.500. The molecule has 0 radical (unpaired) electrons. The van der Waals surface area contributed by atoms with Crippen molar-refractivity contribution < 1.29 is 28.6 Å². The van der Waals surface area contributed by atoms with Gasteiger partial charge >= 0.3 is 5.97 Å². The number of carbonyl (C=O) groups is 3. The molecule has 0 aromatic heterocycles. The highest BCUT2D eigenvalue weighted by Crippen LogP contribution is 2.18. The number of hydrogen-bond acceptors (Lipinski definition) is 6. The Labute approximate surface area is 153 Å². The number of ether oxygens (including phenoxy) is 3. The molecular formula is C18H26N2O6. The van der Waals surface area contributed by atoms with Gasteiger partial charge in [-0.2, -0.15) is 0 Å². The summed E-state index contributed by atoms with van der Waals surface area (Å²) in [7, 11) is 1.55. The van der Waals surface area contributed by atoms with Crippen molar-refractivity contribution in [2.75, 3.05) is 40.0 Å². The number of amides is 2. The third-order valence-electron chi connectivity index (χ3n) is 3.40. The summed E-state index contributed by atoms with van der Waals surface area (Å²) in [4.78, 5) is 36.4. The first-order valence-electron chi connectivity index (χ1n) is 8.41. The fourth-order valence-corrected chi connectivity index (χ4v) is 2.11. The molecule has 8 heteroatoms. The van der Waals surface area contributed by atoms with Crippen LogP contribution in [0, 0.1) is 0 Å². The summed E-state index contributed by atoms with van der Waals surface area (Å²) in [6, 6.07) is 6.92. The van der Waals surface area contributed by atoms with Crippen molar-refractivity contribution in [2.45, 2.75) is 20.3 Å². The normalized spacial score (nSPS) is 9.96. The molecule has 0 bridgehead atoms. The van der Waals surface area contributed by atoms with Gasteiger partial charge in [-0.25, -0.2) is 0 Å². The van der Waals surface area contributed by atoms with Gasteiger partial charge in [0.15, 0.2) is 6.61 Å². The van der Waals surface area contributed by atoms with Gasteiger partial charge in [0.25, 0.3) is 5.91 Å². The molecule has 1 aromatic rings. The predicted molar refractivity (Wildman–Crippen MR) is 95.0 cm³/mol. The van der Waals surface area contributed by atoms with Crippen LogP contribution in [0.4, 0.5) is 0 Å². The maximum absolute atomic E-state index is 12.4. The molecule has 0 aliphatic heterocycles. The first kappa shape index (κ1) is 21.3. The van der Waals surface area contributed by atoms with Crippen molar-refractivity contribution in [3.63, 3.8) is 0 Å². The van der Waals surface area contributed by atoms with E-state index in [-0.39, 0.29) is 50.5 Å². The van der Waals surface area contributed by atoms with E-state index in [4.69, 9.17) is 14.2 Å². The van der Waals surface area contributed by atoms with Gasteiger partial charge < -0.3 is 24.4 Å². The Morgan fingerprint density at radius 2 is 1.88 bits per heavy atom. The quantitative estimate of drug-likeness (QED) is 0.587. The van der Waals surface area contributed by atoms with E-state index in [0.29, 0.717) is 18.0 Å². The average molecular weight is 366 g/mol. The lowest BCUT2D eigenvalue weighted by Gasteiger charge is -2.22. The van der Waals surface area contributed by atoms with Crippen molar-refractivity contribution in [1.82, 2.24) is 10.2 Å². The minimum absolute atomic E-state index is 0.0822. The summed E-state index contributed by atoms with van der Waals surface area (Å²) < 4.78 is 15.5. The Balaban J connectivity index is 2.59. The predicted octanol–water partition coefficient (Wildman–Crippen LogP) is 0.992. The lowest BCUT2D eigenvalue weighted by molar-refractivity contribution is -0.144. The largest absolute Gasteiger partial charge is 0.497 e. The van der Waals surface area contributed by atoms with Gasteiger partial charge in [0.2, 0.25) is 5.91 Å². The molecule has 0 atom stereocenters. The zero-order valence-corrected chi connectivity index (χ0v) is 15.4. The smallest absolute Gasteiger partial charge is 0.307 e. The lowest BCUT2D eigenvalue weighted by atomic mass is 10.3. The van der Waals surface area contributed by atoms with Crippen molar-refractivity contribution >= 4 is 17.8 Å². The number of hydrogen-bond donors (Lipinski definition) is 1. The summed E-state index contributed by atoms with van der Waals surface area (Å²) >= 11 is 0. The number of esters is 1.